The minimum atomic E-state index is 0.336. The van der Waals surface area contributed by atoms with E-state index in [1.807, 2.05) is 13.2 Å². The maximum absolute atomic E-state index is 4.55. The van der Waals surface area contributed by atoms with E-state index < -0.39 is 0 Å². The second kappa shape index (κ2) is 3.65. The Morgan fingerprint density at radius 1 is 1.50 bits per heavy atom. The van der Waals surface area contributed by atoms with Crippen LogP contribution < -0.4 is 5.32 Å². The molecule has 3 heteroatoms. The van der Waals surface area contributed by atoms with E-state index in [2.05, 4.69) is 29.1 Å². The van der Waals surface area contributed by atoms with Crippen molar-refractivity contribution in [2.24, 2.45) is 0 Å². The minimum absolute atomic E-state index is 0.336. The molecule has 1 saturated carbocycles. The number of rotatable bonds is 3. The van der Waals surface area contributed by atoms with Gasteiger partial charge < -0.3 is 5.32 Å². The van der Waals surface area contributed by atoms with Crippen molar-refractivity contribution in [1.82, 2.24) is 15.3 Å². The van der Waals surface area contributed by atoms with Gasteiger partial charge in [-0.25, -0.2) is 9.97 Å². The summed E-state index contributed by atoms with van der Waals surface area (Å²) in [6, 6.07) is 0.336. The molecule has 1 aromatic heterocycles. The summed E-state index contributed by atoms with van der Waals surface area (Å²) >= 11 is 0. The van der Waals surface area contributed by atoms with Crippen LogP contribution in [-0.4, -0.2) is 17.0 Å². The van der Waals surface area contributed by atoms with E-state index in [1.54, 1.807) is 0 Å². The molecular weight excluding hydrogens is 174 g/mol. The largest absolute Gasteiger partial charge is 0.313 e. The zero-order valence-corrected chi connectivity index (χ0v) is 9.04. The molecule has 0 spiro atoms. The zero-order chi connectivity index (χ0) is 10.1. The van der Waals surface area contributed by atoms with Crippen molar-refractivity contribution in [1.29, 1.82) is 0 Å². The van der Waals surface area contributed by atoms with E-state index in [1.165, 1.54) is 18.4 Å². The van der Waals surface area contributed by atoms with Crippen LogP contribution in [0.4, 0.5) is 0 Å². The predicted molar refractivity (Wildman–Crippen MR) is 56.2 cm³/mol. The predicted octanol–water partition coefficient (Wildman–Crippen LogP) is 1.94. The first kappa shape index (κ1) is 9.59. The molecule has 0 radical (unpaired) electrons. The van der Waals surface area contributed by atoms with Crippen LogP contribution in [0.15, 0.2) is 6.20 Å². The van der Waals surface area contributed by atoms with E-state index in [0.29, 0.717) is 12.0 Å². The molecule has 1 aliphatic carbocycles. The normalized spacial score (nSPS) is 18.2. The van der Waals surface area contributed by atoms with E-state index in [0.717, 1.165) is 11.5 Å². The zero-order valence-electron chi connectivity index (χ0n) is 9.04. The monoisotopic (exact) mass is 191 g/mol. The van der Waals surface area contributed by atoms with Gasteiger partial charge in [0.25, 0.3) is 0 Å². The molecule has 1 aromatic rings. The van der Waals surface area contributed by atoms with Crippen molar-refractivity contribution in [3.63, 3.8) is 0 Å². The molecule has 2 rings (SSSR count). The fourth-order valence-corrected chi connectivity index (χ4v) is 1.61. The van der Waals surface area contributed by atoms with E-state index >= 15 is 0 Å². The van der Waals surface area contributed by atoms with Gasteiger partial charge in [0.2, 0.25) is 0 Å². The lowest BCUT2D eigenvalue weighted by molar-refractivity contribution is 0.637. The van der Waals surface area contributed by atoms with Crippen molar-refractivity contribution in [2.75, 3.05) is 7.05 Å². The highest BCUT2D eigenvalue weighted by atomic mass is 14.9. The van der Waals surface area contributed by atoms with Gasteiger partial charge in [-0.3, -0.25) is 0 Å². The van der Waals surface area contributed by atoms with E-state index in [4.69, 9.17) is 0 Å². The number of aromatic nitrogens is 2. The summed E-state index contributed by atoms with van der Waals surface area (Å²) in [6.07, 6.45) is 4.50. The number of hydrogen-bond acceptors (Lipinski definition) is 3. The van der Waals surface area contributed by atoms with Gasteiger partial charge in [-0.15, -0.1) is 0 Å². The molecule has 1 N–H and O–H groups in total. The molecule has 3 nitrogen and oxygen atoms in total. The maximum atomic E-state index is 4.55. The van der Waals surface area contributed by atoms with Crippen LogP contribution in [0.2, 0.25) is 0 Å². The summed E-state index contributed by atoms with van der Waals surface area (Å²) in [5.74, 6) is 1.68. The molecule has 1 atom stereocenters. The Hall–Kier alpha value is -0.960. The molecule has 1 unspecified atom stereocenters. The Bertz CT molecular complexity index is 331. The van der Waals surface area contributed by atoms with Crippen molar-refractivity contribution in [2.45, 2.75) is 38.6 Å². The highest BCUT2D eigenvalue weighted by molar-refractivity contribution is 5.21. The van der Waals surface area contributed by atoms with Gasteiger partial charge in [0.05, 0.1) is 0 Å². The Morgan fingerprint density at radius 2 is 2.21 bits per heavy atom. The molecule has 1 heterocycles. The summed E-state index contributed by atoms with van der Waals surface area (Å²) < 4.78 is 0. The highest BCUT2D eigenvalue weighted by Gasteiger charge is 2.26. The smallest absolute Gasteiger partial charge is 0.131 e. The molecule has 0 amide bonds. The summed E-state index contributed by atoms with van der Waals surface area (Å²) in [4.78, 5) is 8.97. The average molecular weight is 191 g/mol. The molecule has 14 heavy (non-hydrogen) atoms. The summed E-state index contributed by atoms with van der Waals surface area (Å²) in [6.45, 7) is 4.19. The van der Waals surface area contributed by atoms with Gasteiger partial charge in [-0.2, -0.15) is 0 Å². The fourth-order valence-electron chi connectivity index (χ4n) is 1.61. The number of nitrogens with zero attached hydrogens (tertiary/aromatic N) is 2. The second-order valence-corrected chi connectivity index (χ2v) is 4.05. The third-order valence-corrected chi connectivity index (χ3v) is 2.88. The van der Waals surface area contributed by atoms with Crippen LogP contribution in [0.5, 0.6) is 0 Å². The Labute approximate surface area is 85.0 Å². The molecule has 0 aliphatic heterocycles. The van der Waals surface area contributed by atoms with Gasteiger partial charge >= 0.3 is 0 Å². The van der Waals surface area contributed by atoms with Crippen LogP contribution in [0.1, 0.15) is 48.8 Å². The summed E-state index contributed by atoms with van der Waals surface area (Å²) in [7, 11) is 1.96. The van der Waals surface area contributed by atoms with Gasteiger partial charge in [0.15, 0.2) is 0 Å². The second-order valence-electron chi connectivity index (χ2n) is 4.05. The molecule has 0 aromatic carbocycles. The van der Waals surface area contributed by atoms with Crippen LogP contribution in [-0.2, 0) is 0 Å². The van der Waals surface area contributed by atoms with Crippen LogP contribution in [0.3, 0.4) is 0 Å². The quantitative estimate of drug-likeness (QED) is 0.793. The summed E-state index contributed by atoms with van der Waals surface area (Å²) in [5.41, 5.74) is 2.32. The third-order valence-electron chi connectivity index (χ3n) is 2.88. The lowest BCUT2D eigenvalue weighted by atomic mass is 10.1. The van der Waals surface area contributed by atoms with Crippen molar-refractivity contribution >= 4 is 0 Å². The van der Waals surface area contributed by atoms with Crippen molar-refractivity contribution < 1.29 is 0 Å². The van der Waals surface area contributed by atoms with Crippen LogP contribution in [0, 0.1) is 6.92 Å². The molecule has 1 aliphatic rings. The highest BCUT2D eigenvalue weighted by Crippen LogP contribution is 2.38. The van der Waals surface area contributed by atoms with Crippen molar-refractivity contribution in [3.8, 4) is 0 Å². The number of hydrogen-bond donors (Lipinski definition) is 1. The molecule has 76 valence electrons. The molecule has 1 fully saturated rings. The standard InChI is InChI=1S/C11H17N3/c1-7(12-3)10-6-13-11(9-4-5-9)14-8(10)2/h6-7,9,12H,4-5H2,1-3H3. The van der Waals surface area contributed by atoms with Crippen molar-refractivity contribution in [3.05, 3.63) is 23.3 Å². The number of nitrogens with one attached hydrogen (secondary N) is 1. The molecular formula is C11H17N3. The lowest BCUT2D eigenvalue weighted by Crippen LogP contribution is -2.15. The first-order chi connectivity index (χ1) is 6.72. The average Bonchev–Trinajstić information content (AvgIpc) is 3.00. The topological polar surface area (TPSA) is 37.8 Å². The van der Waals surface area contributed by atoms with Crippen LogP contribution >= 0.6 is 0 Å². The van der Waals surface area contributed by atoms with E-state index in [9.17, 15) is 0 Å². The Kier molecular flexibility index (Phi) is 2.50. The molecule has 0 saturated heterocycles. The third kappa shape index (κ3) is 1.77. The maximum Gasteiger partial charge on any atom is 0.131 e. The molecule has 0 bridgehead atoms. The Balaban J connectivity index is 2.26. The number of aryl methyl sites for hydroxylation is 1. The first-order valence-electron chi connectivity index (χ1n) is 5.23. The fraction of sp³-hybridized carbons (Fsp3) is 0.636. The van der Waals surface area contributed by atoms with Crippen LogP contribution in [0.25, 0.3) is 0 Å². The van der Waals surface area contributed by atoms with E-state index in [-0.39, 0.29) is 0 Å². The van der Waals surface area contributed by atoms with Gasteiger partial charge in [0.1, 0.15) is 5.82 Å². The Morgan fingerprint density at radius 3 is 2.71 bits per heavy atom. The summed E-state index contributed by atoms with van der Waals surface area (Å²) in [5, 5.41) is 3.21. The lowest BCUT2D eigenvalue weighted by Gasteiger charge is -2.12. The van der Waals surface area contributed by atoms with Gasteiger partial charge in [0, 0.05) is 29.4 Å². The van der Waals surface area contributed by atoms with Gasteiger partial charge in [-0.05, 0) is 33.7 Å². The SMILES string of the molecule is CNC(C)c1cnc(C2CC2)nc1C. The minimum Gasteiger partial charge on any atom is -0.313 e. The first-order valence-corrected chi connectivity index (χ1v) is 5.23. The van der Waals surface area contributed by atoms with Gasteiger partial charge in [-0.1, -0.05) is 0 Å².